The van der Waals surface area contributed by atoms with E-state index in [9.17, 15) is 4.79 Å². The van der Waals surface area contributed by atoms with Gasteiger partial charge < -0.3 is 10.6 Å². The van der Waals surface area contributed by atoms with Crippen molar-refractivity contribution in [3.05, 3.63) is 0 Å². The summed E-state index contributed by atoms with van der Waals surface area (Å²) in [6, 6.07) is 0.0478. The van der Waals surface area contributed by atoms with Crippen LogP contribution in [-0.2, 0) is 4.79 Å². The molecule has 0 aromatic rings. The molecule has 17 heavy (non-hydrogen) atoms. The molecule has 3 unspecified atom stereocenters. The molecule has 3 nitrogen and oxygen atoms in total. The van der Waals surface area contributed by atoms with Crippen LogP contribution < -0.4 is 5.73 Å². The second-order valence-corrected chi connectivity index (χ2v) is 5.81. The number of nitrogens with two attached hydrogens (primary N) is 1. The molecule has 1 aliphatic heterocycles. The molecule has 1 saturated carbocycles. The molecule has 98 valence electrons. The van der Waals surface area contributed by atoms with Gasteiger partial charge >= 0.3 is 0 Å². The monoisotopic (exact) mass is 238 g/mol. The van der Waals surface area contributed by atoms with Gasteiger partial charge in [0.05, 0.1) is 0 Å². The number of likely N-dealkylation sites (tertiary alicyclic amines) is 1. The number of nitrogens with zero attached hydrogens (tertiary/aromatic N) is 1. The first kappa shape index (κ1) is 12.9. The first-order valence-corrected chi connectivity index (χ1v) is 7.24. The highest BCUT2D eigenvalue weighted by Crippen LogP contribution is 2.36. The van der Waals surface area contributed by atoms with Crippen molar-refractivity contribution in [2.45, 2.75) is 57.9 Å². The third-order valence-electron chi connectivity index (χ3n) is 4.61. The predicted octanol–water partition coefficient (Wildman–Crippen LogP) is 2.15. The molecule has 0 bridgehead atoms. The van der Waals surface area contributed by atoms with Gasteiger partial charge in [-0.15, -0.1) is 0 Å². The molecule has 0 aromatic carbocycles. The molecule has 1 heterocycles. The molecule has 0 spiro atoms. The van der Waals surface area contributed by atoms with Crippen molar-refractivity contribution in [2.24, 2.45) is 17.6 Å². The van der Waals surface area contributed by atoms with E-state index in [2.05, 4.69) is 4.90 Å². The molecule has 1 saturated heterocycles. The van der Waals surface area contributed by atoms with Crippen LogP contribution in [0.2, 0.25) is 0 Å². The Hall–Kier alpha value is -0.570. The molecule has 2 aliphatic rings. The zero-order valence-electron chi connectivity index (χ0n) is 11.0. The number of hydrogen-bond donors (Lipinski definition) is 1. The Morgan fingerprint density at radius 1 is 1.29 bits per heavy atom. The Morgan fingerprint density at radius 3 is 2.71 bits per heavy atom. The summed E-state index contributed by atoms with van der Waals surface area (Å²) in [5.74, 6) is 1.95. The lowest BCUT2D eigenvalue weighted by Crippen LogP contribution is -2.46. The average Bonchev–Trinajstić information content (AvgIpc) is 2.38. The third kappa shape index (κ3) is 3.21. The number of carbonyl (C=O) groups is 1. The molecule has 2 rings (SSSR count). The van der Waals surface area contributed by atoms with Gasteiger partial charge in [-0.05, 0) is 31.1 Å². The summed E-state index contributed by atoms with van der Waals surface area (Å²) in [7, 11) is 0. The first-order valence-electron chi connectivity index (χ1n) is 7.24. The van der Waals surface area contributed by atoms with Gasteiger partial charge in [-0.2, -0.15) is 0 Å². The highest BCUT2D eigenvalue weighted by atomic mass is 16.2. The number of carbonyl (C=O) groups excluding carboxylic acids is 1. The minimum atomic E-state index is 0.0478. The largest absolute Gasteiger partial charge is 0.342 e. The Kier molecular flexibility index (Phi) is 4.43. The van der Waals surface area contributed by atoms with Crippen molar-refractivity contribution in [1.29, 1.82) is 0 Å². The van der Waals surface area contributed by atoms with E-state index in [-0.39, 0.29) is 11.9 Å². The molecular formula is C14H26N2O. The summed E-state index contributed by atoms with van der Waals surface area (Å²) in [6.45, 7) is 4.02. The van der Waals surface area contributed by atoms with Crippen LogP contribution in [0.1, 0.15) is 51.9 Å². The molecule has 0 aromatic heterocycles. The lowest BCUT2D eigenvalue weighted by Gasteiger charge is -2.41. The lowest BCUT2D eigenvalue weighted by atomic mass is 9.75. The van der Waals surface area contributed by atoms with E-state index in [1.165, 1.54) is 32.1 Å². The molecule has 1 amide bonds. The van der Waals surface area contributed by atoms with Gasteiger partial charge in [0.25, 0.3) is 0 Å². The second kappa shape index (κ2) is 5.85. The van der Waals surface area contributed by atoms with Gasteiger partial charge in [-0.3, -0.25) is 4.79 Å². The van der Waals surface area contributed by atoms with Gasteiger partial charge in [0.15, 0.2) is 0 Å². The molecule has 2 fully saturated rings. The Balaban J connectivity index is 1.84. The first-order chi connectivity index (χ1) is 8.20. The third-order valence-corrected chi connectivity index (χ3v) is 4.61. The molecule has 3 heteroatoms. The van der Waals surface area contributed by atoms with Gasteiger partial charge in [-0.1, -0.05) is 26.2 Å². The topological polar surface area (TPSA) is 46.3 Å². The van der Waals surface area contributed by atoms with E-state index in [4.69, 9.17) is 5.73 Å². The van der Waals surface area contributed by atoms with Crippen LogP contribution in [0.4, 0.5) is 0 Å². The fourth-order valence-corrected chi connectivity index (χ4v) is 3.33. The number of hydrogen-bond acceptors (Lipinski definition) is 2. The van der Waals surface area contributed by atoms with Crippen LogP contribution in [0.3, 0.4) is 0 Å². The minimum absolute atomic E-state index is 0.0478. The van der Waals surface area contributed by atoms with Crippen LogP contribution in [-0.4, -0.2) is 29.9 Å². The SMILES string of the molecule is CCC(N)CC(=O)N1CCC2CCCCC2C1. The van der Waals surface area contributed by atoms with E-state index in [0.29, 0.717) is 6.42 Å². The van der Waals surface area contributed by atoms with Gasteiger partial charge in [-0.25, -0.2) is 0 Å². The number of amides is 1. The van der Waals surface area contributed by atoms with E-state index < -0.39 is 0 Å². The number of fused-ring (bicyclic) bond motifs is 1. The van der Waals surface area contributed by atoms with Gasteiger partial charge in [0.1, 0.15) is 0 Å². The van der Waals surface area contributed by atoms with Crippen molar-refractivity contribution < 1.29 is 4.79 Å². The fraction of sp³-hybridized carbons (Fsp3) is 0.929. The standard InChI is InChI=1S/C14H26N2O/c1-2-13(15)9-14(17)16-8-7-11-5-3-4-6-12(11)10-16/h11-13H,2-10,15H2,1H3. The van der Waals surface area contributed by atoms with Crippen LogP contribution in [0.25, 0.3) is 0 Å². The molecule has 3 atom stereocenters. The zero-order chi connectivity index (χ0) is 12.3. The van der Waals surface area contributed by atoms with Crippen LogP contribution in [0.5, 0.6) is 0 Å². The van der Waals surface area contributed by atoms with Crippen molar-refractivity contribution in [1.82, 2.24) is 4.90 Å². The maximum Gasteiger partial charge on any atom is 0.224 e. The number of piperidine rings is 1. The summed E-state index contributed by atoms with van der Waals surface area (Å²) in [5, 5.41) is 0. The Morgan fingerprint density at radius 2 is 2.00 bits per heavy atom. The van der Waals surface area contributed by atoms with Crippen LogP contribution in [0, 0.1) is 11.8 Å². The van der Waals surface area contributed by atoms with E-state index in [1.54, 1.807) is 0 Å². The Bertz CT molecular complexity index is 267. The normalized spacial score (nSPS) is 30.8. The molecule has 0 radical (unpaired) electrons. The summed E-state index contributed by atoms with van der Waals surface area (Å²) in [5.41, 5.74) is 5.86. The van der Waals surface area contributed by atoms with Crippen molar-refractivity contribution in [3.8, 4) is 0 Å². The minimum Gasteiger partial charge on any atom is -0.342 e. The summed E-state index contributed by atoms with van der Waals surface area (Å²) in [4.78, 5) is 14.2. The molecular weight excluding hydrogens is 212 g/mol. The highest BCUT2D eigenvalue weighted by molar-refractivity contribution is 5.76. The van der Waals surface area contributed by atoms with Crippen LogP contribution >= 0.6 is 0 Å². The summed E-state index contributed by atoms with van der Waals surface area (Å²) >= 11 is 0. The van der Waals surface area contributed by atoms with E-state index in [1.807, 2.05) is 6.92 Å². The van der Waals surface area contributed by atoms with Crippen molar-refractivity contribution >= 4 is 5.91 Å². The molecule has 1 aliphatic carbocycles. The Labute approximate surface area is 105 Å². The van der Waals surface area contributed by atoms with Gasteiger partial charge in [0, 0.05) is 25.6 Å². The lowest BCUT2D eigenvalue weighted by molar-refractivity contribution is -0.134. The van der Waals surface area contributed by atoms with Crippen LogP contribution in [0.15, 0.2) is 0 Å². The summed E-state index contributed by atoms with van der Waals surface area (Å²) < 4.78 is 0. The second-order valence-electron chi connectivity index (χ2n) is 5.81. The fourth-order valence-electron chi connectivity index (χ4n) is 3.33. The smallest absolute Gasteiger partial charge is 0.224 e. The maximum atomic E-state index is 12.1. The summed E-state index contributed by atoms with van der Waals surface area (Å²) in [6.07, 6.45) is 8.13. The quantitative estimate of drug-likeness (QED) is 0.819. The van der Waals surface area contributed by atoms with Gasteiger partial charge in [0.2, 0.25) is 5.91 Å². The van der Waals surface area contributed by atoms with Crippen molar-refractivity contribution in [2.75, 3.05) is 13.1 Å². The maximum absolute atomic E-state index is 12.1. The van der Waals surface area contributed by atoms with E-state index in [0.717, 1.165) is 31.3 Å². The predicted molar refractivity (Wildman–Crippen MR) is 69.5 cm³/mol. The van der Waals surface area contributed by atoms with E-state index >= 15 is 0 Å². The zero-order valence-corrected chi connectivity index (χ0v) is 11.0. The molecule has 2 N–H and O–H groups in total. The number of rotatable bonds is 3. The average molecular weight is 238 g/mol. The highest BCUT2D eigenvalue weighted by Gasteiger charge is 2.32. The van der Waals surface area contributed by atoms with Crippen molar-refractivity contribution in [3.63, 3.8) is 0 Å².